The molecular weight excluding hydrogens is 268 g/mol. The first kappa shape index (κ1) is 12.9. The van der Waals surface area contributed by atoms with E-state index >= 15 is 0 Å². The summed E-state index contributed by atoms with van der Waals surface area (Å²) in [7, 11) is 0. The largest absolute Gasteiger partial charge is 0.338 e. The van der Waals surface area contributed by atoms with Crippen molar-refractivity contribution in [3.8, 4) is 0 Å². The Morgan fingerprint density at radius 3 is 2.78 bits per heavy atom. The maximum absolute atomic E-state index is 11.5. The lowest BCUT2D eigenvalue weighted by atomic mass is 10.1. The number of nitrogens with one attached hydrogen (secondary N) is 2. The zero-order valence-electron chi connectivity index (χ0n) is 9.65. The Labute approximate surface area is 115 Å². The topological polar surface area (TPSA) is 41.1 Å². The van der Waals surface area contributed by atoms with Gasteiger partial charge in [0.1, 0.15) is 0 Å². The molecule has 0 atom stereocenters. The van der Waals surface area contributed by atoms with E-state index in [0.29, 0.717) is 6.54 Å². The van der Waals surface area contributed by atoms with E-state index in [1.165, 1.54) is 11.3 Å². The molecular formula is C13H13ClN2OS. The van der Waals surface area contributed by atoms with Gasteiger partial charge in [0.2, 0.25) is 0 Å². The van der Waals surface area contributed by atoms with Gasteiger partial charge in [-0.15, -0.1) is 11.3 Å². The van der Waals surface area contributed by atoms with Crippen molar-refractivity contribution in [3.05, 3.63) is 52.4 Å². The first-order chi connectivity index (χ1) is 8.75. The molecule has 0 radical (unpaired) electrons. The molecule has 0 bridgehead atoms. The van der Waals surface area contributed by atoms with Crippen LogP contribution < -0.4 is 10.6 Å². The second-order valence-corrected chi connectivity index (χ2v) is 5.05. The molecule has 0 spiro atoms. The van der Waals surface area contributed by atoms with Crippen molar-refractivity contribution in [2.45, 2.75) is 6.42 Å². The molecule has 3 nitrogen and oxygen atoms in total. The smallest absolute Gasteiger partial charge is 0.319 e. The number of anilines is 1. The second-order valence-electron chi connectivity index (χ2n) is 3.70. The van der Waals surface area contributed by atoms with Crippen molar-refractivity contribution >= 4 is 34.0 Å². The third kappa shape index (κ3) is 3.75. The number of benzene rings is 1. The molecule has 0 saturated carbocycles. The Morgan fingerprint density at radius 1 is 1.22 bits per heavy atom. The summed E-state index contributed by atoms with van der Waals surface area (Å²) in [6.07, 6.45) is 0.720. The number of halogens is 1. The number of carbonyl (C=O) groups is 1. The van der Waals surface area contributed by atoms with Gasteiger partial charge in [-0.3, -0.25) is 5.32 Å². The van der Waals surface area contributed by atoms with Crippen molar-refractivity contribution in [2.24, 2.45) is 0 Å². The highest BCUT2D eigenvalue weighted by atomic mass is 35.5. The van der Waals surface area contributed by atoms with Crippen LogP contribution in [0.15, 0.2) is 41.8 Å². The molecule has 2 aromatic rings. The van der Waals surface area contributed by atoms with Crippen LogP contribution in [-0.4, -0.2) is 12.6 Å². The molecule has 0 unspecified atom stereocenters. The summed E-state index contributed by atoms with van der Waals surface area (Å²) in [6.45, 7) is 0.556. The monoisotopic (exact) mass is 280 g/mol. The fourth-order valence-electron chi connectivity index (χ4n) is 1.52. The number of carbonyl (C=O) groups excluding carboxylic acids is 1. The summed E-state index contributed by atoms with van der Waals surface area (Å²) < 4.78 is 0. The van der Waals surface area contributed by atoms with Crippen molar-refractivity contribution in [1.82, 2.24) is 5.32 Å². The zero-order chi connectivity index (χ0) is 12.8. The highest BCUT2D eigenvalue weighted by Gasteiger charge is 2.03. The van der Waals surface area contributed by atoms with Crippen LogP contribution in [0.2, 0.25) is 5.02 Å². The van der Waals surface area contributed by atoms with Crippen LogP contribution in [0.25, 0.3) is 0 Å². The van der Waals surface area contributed by atoms with Gasteiger partial charge < -0.3 is 5.32 Å². The third-order valence-electron chi connectivity index (χ3n) is 2.40. The van der Waals surface area contributed by atoms with Gasteiger partial charge in [0.15, 0.2) is 0 Å². The Morgan fingerprint density at radius 2 is 2.06 bits per heavy atom. The van der Waals surface area contributed by atoms with Gasteiger partial charge in [0.25, 0.3) is 0 Å². The molecule has 0 aliphatic carbocycles. The van der Waals surface area contributed by atoms with Gasteiger partial charge in [-0.05, 0) is 35.6 Å². The lowest BCUT2D eigenvalue weighted by Gasteiger charge is -2.07. The quantitative estimate of drug-likeness (QED) is 0.879. The average Bonchev–Trinajstić information content (AvgIpc) is 2.84. The Balaban J connectivity index is 1.75. The molecule has 0 saturated heterocycles. The maximum atomic E-state index is 11.5. The van der Waals surface area contributed by atoms with Crippen molar-refractivity contribution in [1.29, 1.82) is 0 Å². The van der Waals surface area contributed by atoms with E-state index in [4.69, 9.17) is 11.6 Å². The van der Waals surface area contributed by atoms with Crippen molar-refractivity contribution in [3.63, 3.8) is 0 Å². The van der Waals surface area contributed by atoms with E-state index in [9.17, 15) is 4.79 Å². The van der Waals surface area contributed by atoms with Gasteiger partial charge in [-0.1, -0.05) is 29.8 Å². The molecule has 5 heteroatoms. The van der Waals surface area contributed by atoms with Crippen LogP contribution in [0.5, 0.6) is 0 Å². The molecule has 0 aliphatic rings. The van der Waals surface area contributed by atoms with Crippen molar-refractivity contribution in [2.75, 3.05) is 11.9 Å². The van der Waals surface area contributed by atoms with Crippen LogP contribution in [0.4, 0.5) is 9.80 Å². The Bertz CT molecular complexity index is 513. The molecule has 2 rings (SSSR count). The fraction of sp³-hybridized carbons (Fsp3) is 0.154. The summed E-state index contributed by atoms with van der Waals surface area (Å²) in [6, 6.07) is 11.2. The van der Waals surface area contributed by atoms with Crippen LogP contribution in [0.3, 0.4) is 0 Å². The summed E-state index contributed by atoms with van der Waals surface area (Å²) in [5, 5.41) is 9.04. The fourth-order valence-corrected chi connectivity index (χ4v) is 2.36. The van der Waals surface area contributed by atoms with Crippen LogP contribution in [0, 0.1) is 0 Å². The summed E-state index contributed by atoms with van der Waals surface area (Å²) in [5.41, 5.74) is 1.04. The molecule has 18 heavy (non-hydrogen) atoms. The molecule has 1 aromatic heterocycles. The van der Waals surface area contributed by atoms with Gasteiger partial charge in [-0.25, -0.2) is 4.79 Å². The van der Waals surface area contributed by atoms with E-state index in [0.717, 1.165) is 22.0 Å². The lowest BCUT2D eigenvalue weighted by molar-refractivity contribution is 0.252. The van der Waals surface area contributed by atoms with E-state index in [-0.39, 0.29) is 6.03 Å². The zero-order valence-corrected chi connectivity index (χ0v) is 11.2. The van der Waals surface area contributed by atoms with Gasteiger partial charge in [-0.2, -0.15) is 0 Å². The molecule has 2 amide bonds. The van der Waals surface area contributed by atoms with Gasteiger partial charge in [0, 0.05) is 11.6 Å². The van der Waals surface area contributed by atoms with Crippen LogP contribution in [-0.2, 0) is 6.42 Å². The molecule has 94 valence electrons. The summed E-state index contributed by atoms with van der Waals surface area (Å²) in [5.74, 6) is 0. The van der Waals surface area contributed by atoms with Gasteiger partial charge in [0.05, 0.1) is 5.00 Å². The SMILES string of the molecule is O=C(NCCc1ccccc1Cl)Nc1cccs1. The minimum Gasteiger partial charge on any atom is -0.338 e. The van der Waals surface area contributed by atoms with Crippen LogP contribution >= 0.6 is 22.9 Å². The lowest BCUT2D eigenvalue weighted by Crippen LogP contribution is -2.30. The Hall–Kier alpha value is -1.52. The third-order valence-corrected chi connectivity index (χ3v) is 3.55. The van der Waals surface area contributed by atoms with Crippen molar-refractivity contribution < 1.29 is 4.79 Å². The second kappa shape index (κ2) is 6.42. The molecule has 0 fully saturated rings. The molecule has 1 aromatic carbocycles. The minimum atomic E-state index is -0.190. The maximum Gasteiger partial charge on any atom is 0.319 e. The van der Waals surface area contributed by atoms with Gasteiger partial charge >= 0.3 is 6.03 Å². The average molecular weight is 281 g/mol. The van der Waals surface area contributed by atoms with E-state index < -0.39 is 0 Å². The van der Waals surface area contributed by atoms with E-state index in [2.05, 4.69) is 10.6 Å². The van der Waals surface area contributed by atoms with E-state index in [1.807, 2.05) is 41.8 Å². The molecule has 0 aliphatic heterocycles. The first-order valence-corrected chi connectivity index (χ1v) is 6.83. The number of hydrogen-bond donors (Lipinski definition) is 2. The number of thiophene rings is 1. The number of urea groups is 1. The molecule has 1 heterocycles. The predicted octanol–water partition coefficient (Wildman–Crippen LogP) is 3.77. The van der Waals surface area contributed by atoms with E-state index in [1.54, 1.807) is 0 Å². The highest BCUT2D eigenvalue weighted by molar-refractivity contribution is 7.14. The number of amides is 2. The molecule has 2 N–H and O–H groups in total. The minimum absolute atomic E-state index is 0.190. The standard InChI is InChI=1S/C13H13ClN2OS/c14-11-5-2-1-4-10(11)7-8-15-13(17)16-12-6-3-9-18-12/h1-6,9H,7-8H2,(H2,15,16,17). The first-order valence-electron chi connectivity index (χ1n) is 5.57. The number of hydrogen-bond acceptors (Lipinski definition) is 2. The predicted molar refractivity (Wildman–Crippen MR) is 76.5 cm³/mol. The highest BCUT2D eigenvalue weighted by Crippen LogP contribution is 2.15. The summed E-state index contributed by atoms with van der Waals surface area (Å²) in [4.78, 5) is 11.5. The van der Waals surface area contributed by atoms with Crippen LogP contribution in [0.1, 0.15) is 5.56 Å². The summed E-state index contributed by atoms with van der Waals surface area (Å²) >= 11 is 7.52. The normalized spacial score (nSPS) is 10.1. The number of rotatable bonds is 4. The Kier molecular flexibility index (Phi) is 4.61.